The van der Waals surface area contributed by atoms with Gasteiger partial charge in [-0.25, -0.2) is 4.79 Å². The average molecular weight is 440 g/mol. The van der Waals surface area contributed by atoms with Crippen molar-refractivity contribution in [2.75, 3.05) is 0 Å². The first-order valence-electron chi connectivity index (χ1n) is 8.85. The number of carbonyl (C=O) groups is 3. The lowest BCUT2D eigenvalue weighted by Gasteiger charge is -2.13. The minimum absolute atomic E-state index is 0.0804. The van der Waals surface area contributed by atoms with E-state index >= 15 is 0 Å². The zero-order chi connectivity index (χ0) is 21.3. The Kier molecular flexibility index (Phi) is 5.48. The van der Waals surface area contributed by atoms with Crippen LogP contribution in [0.3, 0.4) is 0 Å². The predicted molar refractivity (Wildman–Crippen MR) is 114 cm³/mol. The van der Waals surface area contributed by atoms with E-state index in [4.69, 9.17) is 16.0 Å². The molecule has 4 rings (SSSR count). The van der Waals surface area contributed by atoms with E-state index in [9.17, 15) is 19.5 Å². The topological polar surface area (TPSA) is 87.8 Å². The average Bonchev–Trinajstić information content (AvgIpc) is 3.30. The van der Waals surface area contributed by atoms with Gasteiger partial charge < -0.3 is 9.52 Å². The van der Waals surface area contributed by atoms with Crippen molar-refractivity contribution in [3.8, 4) is 11.3 Å². The lowest BCUT2D eigenvalue weighted by molar-refractivity contribution is -0.123. The van der Waals surface area contributed by atoms with E-state index in [1.807, 2.05) is 0 Å². The lowest BCUT2D eigenvalue weighted by Crippen LogP contribution is -2.27. The fourth-order valence-electron chi connectivity index (χ4n) is 3.02. The molecule has 1 fully saturated rings. The van der Waals surface area contributed by atoms with Crippen LogP contribution in [0.2, 0.25) is 5.02 Å². The Morgan fingerprint density at radius 2 is 1.80 bits per heavy atom. The Morgan fingerprint density at radius 1 is 1.07 bits per heavy atom. The van der Waals surface area contributed by atoms with Gasteiger partial charge in [-0.2, -0.15) is 0 Å². The van der Waals surface area contributed by atoms with Crippen LogP contribution in [-0.4, -0.2) is 27.1 Å². The van der Waals surface area contributed by atoms with Crippen molar-refractivity contribution in [1.82, 2.24) is 4.90 Å². The Morgan fingerprint density at radius 3 is 2.57 bits per heavy atom. The van der Waals surface area contributed by atoms with E-state index in [0.717, 1.165) is 16.7 Å². The van der Waals surface area contributed by atoms with Gasteiger partial charge in [0.2, 0.25) is 0 Å². The normalized spacial score (nSPS) is 15.2. The fourth-order valence-corrected chi connectivity index (χ4v) is 4.04. The highest BCUT2D eigenvalue weighted by atomic mass is 35.5. The highest BCUT2D eigenvalue weighted by molar-refractivity contribution is 8.18. The van der Waals surface area contributed by atoms with Gasteiger partial charge in [-0.05, 0) is 41.6 Å². The Balaban J connectivity index is 1.58. The van der Waals surface area contributed by atoms with E-state index in [1.165, 1.54) is 12.1 Å². The summed E-state index contributed by atoms with van der Waals surface area (Å²) in [7, 11) is 0. The monoisotopic (exact) mass is 439 g/mol. The minimum Gasteiger partial charge on any atom is -0.478 e. The minimum atomic E-state index is -1.07. The number of carbonyl (C=O) groups excluding carboxylic acids is 2. The van der Waals surface area contributed by atoms with Crippen molar-refractivity contribution in [2.45, 2.75) is 6.54 Å². The van der Waals surface area contributed by atoms with Gasteiger partial charge in [0.1, 0.15) is 11.5 Å². The van der Waals surface area contributed by atoms with E-state index in [1.54, 1.807) is 54.6 Å². The molecule has 1 aliphatic heterocycles. The molecule has 8 heteroatoms. The Hall–Kier alpha value is -3.29. The highest BCUT2D eigenvalue weighted by Gasteiger charge is 2.35. The van der Waals surface area contributed by atoms with Crippen molar-refractivity contribution in [3.05, 3.63) is 87.5 Å². The maximum atomic E-state index is 12.7. The van der Waals surface area contributed by atoms with Crippen LogP contribution in [0.1, 0.15) is 21.7 Å². The molecule has 0 unspecified atom stereocenters. The molecular weight excluding hydrogens is 426 g/mol. The fraction of sp³-hybridized carbons (Fsp3) is 0.0455. The molecule has 150 valence electrons. The van der Waals surface area contributed by atoms with Gasteiger partial charge in [-0.3, -0.25) is 14.5 Å². The molecule has 2 aromatic carbocycles. The zero-order valence-corrected chi connectivity index (χ0v) is 16.9. The molecule has 1 aliphatic rings. The van der Waals surface area contributed by atoms with Crippen LogP contribution in [-0.2, 0) is 11.3 Å². The molecule has 0 radical (unpaired) electrons. The molecule has 0 aliphatic carbocycles. The summed E-state index contributed by atoms with van der Waals surface area (Å²) in [6.07, 6.45) is 1.48. The maximum absolute atomic E-state index is 12.7. The predicted octanol–water partition coefficient (Wildman–Crippen LogP) is 5.53. The third-order valence-electron chi connectivity index (χ3n) is 4.48. The lowest BCUT2D eigenvalue weighted by atomic mass is 10.1. The van der Waals surface area contributed by atoms with Gasteiger partial charge >= 0.3 is 5.97 Å². The molecule has 30 heavy (non-hydrogen) atoms. The van der Waals surface area contributed by atoms with Gasteiger partial charge in [0.05, 0.1) is 17.0 Å². The van der Waals surface area contributed by atoms with Gasteiger partial charge in [-0.15, -0.1) is 0 Å². The second-order valence-electron chi connectivity index (χ2n) is 6.41. The first-order valence-corrected chi connectivity index (χ1v) is 10.0. The van der Waals surface area contributed by atoms with Crippen LogP contribution >= 0.6 is 23.4 Å². The quantitative estimate of drug-likeness (QED) is 0.525. The number of benzene rings is 2. The molecule has 0 atom stereocenters. The molecule has 6 nitrogen and oxygen atoms in total. The Labute approximate surface area is 180 Å². The molecule has 2 amide bonds. The highest BCUT2D eigenvalue weighted by Crippen LogP contribution is 2.35. The summed E-state index contributed by atoms with van der Waals surface area (Å²) in [6, 6.07) is 16.7. The van der Waals surface area contributed by atoms with Crippen molar-refractivity contribution in [2.24, 2.45) is 0 Å². The van der Waals surface area contributed by atoms with E-state index in [2.05, 4.69) is 0 Å². The number of imide groups is 1. The first-order chi connectivity index (χ1) is 14.4. The number of rotatable bonds is 5. The number of halogens is 1. The molecule has 0 spiro atoms. The van der Waals surface area contributed by atoms with Crippen LogP contribution in [0.25, 0.3) is 17.4 Å². The number of furan rings is 1. The number of nitrogens with zero attached hydrogens (tertiary/aromatic N) is 1. The van der Waals surface area contributed by atoms with Crippen LogP contribution < -0.4 is 0 Å². The molecule has 1 saturated heterocycles. The summed E-state index contributed by atoms with van der Waals surface area (Å²) in [4.78, 5) is 37.8. The standard InChI is InChI=1S/C22H14ClNO5S/c23-17-8-4-1-5-13(17)12-24-20(25)19(30-22(24)28)11-14-9-10-18(29-14)15-6-2-3-7-16(15)21(26)27/h1-11H,12H2,(H,26,27)/b19-11-. The first kappa shape index (κ1) is 20.0. The smallest absolute Gasteiger partial charge is 0.336 e. The van der Waals surface area contributed by atoms with Crippen LogP contribution in [0.15, 0.2) is 70.0 Å². The van der Waals surface area contributed by atoms with Crippen LogP contribution in [0, 0.1) is 0 Å². The summed E-state index contributed by atoms with van der Waals surface area (Å²) in [5.74, 6) is -0.805. The van der Waals surface area contributed by atoms with Crippen molar-refractivity contribution >= 4 is 46.6 Å². The van der Waals surface area contributed by atoms with Gasteiger partial charge in [0.25, 0.3) is 11.1 Å². The number of hydrogen-bond acceptors (Lipinski definition) is 5. The second kappa shape index (κ2) is 8.22. The number of amides is 2. The van der Waals surface area contributed by atoms with Crippen molar-refractivity contribution in [3.63, 3.8) is 0 Å². The number of hydrogen-bond donors (Lipinski definition) is 1. The zero-order valence-electron chi connectivity index (χ0n) is 15.4. The van der Waals surface area contributed by atoms with Crippen LogP contribution in [0.4, 0.5) is 4.79 Å². The summed E-state index contributed by atoms with van der Waals surface area (Å²) in [5.41, 5.74) is 1.21. The largest absolute Gasteiger partial charge is 0.478 e. The molecule has 0 bridgehead atoms. The van der Waals surface area contributed by atoms with Crippen molar-refractivity contribution in [1.29, 1.82) is 0 Å². The number of aromatic carboxylic acids is 1. The molecular formula is C22H14ClNO5S. The summed E-state index contributed by atoms with van der Waals surface area (Å²) >= 11 is 6.95. The third-order valence-corrected chi connectivity index (χ3v) is 5.76. The molecule has 1 N–H and O–H groups in total. The van der Waals surface area contributed by atoms with E-state index in [-0.39, 0.29) is 17.0 Å². The SMILES string of the molecule is O=C(O)c1ccccc1-c1ccc(/C=C2\SC(=O)N(Cc3ccccc3Cl)C2=O)o1. The molecule has 3 aromatic rings. The maximum Gasteiger partial charge on any atom is 0.336 e. The molecule has 0 saturated carbocycles. The summed E-state index contributed by atoms with van der Waals surface area (Å²) in [6.45, 7) is 0.0804. The summed E-state index contributed by atoms with van der Waals surface area (Å²) < 4.78 is 5.72. The Bertz CT molecular complexity index is 1200. The number of thioether (sulfide) groups is 1. The second-order valence-corrected chi connectivity index (χ2v) is 7.81. The van der Waals surface area contributed by atoms with Crippen molar-refractivity contribution < 1.29 is 23.9 Å². The molecule has 2 heterocycles. The van der Waals surface area contributed by atoms with Gasteiger partial charge in [0, 0.05) is 16.7 Å². The van der Waals surface area contributed by atoms with E-state index in [0.29, 0.717) is 27.7 Å². The van der Waals surface area contributed by atoms with Crippen LogP contribution in [0.5, 0.6) is 0 Å². The number of carboxylic acid groups (broad SMARTS) is 1. The number of carboxylic acids is 1. The third kappa shape index (κ3) is 3.90. The van der Waals surface area contributed by atoms with Gasteiger partial charge in [0.15, 0.2) is 0 Å². The summed E-state index contributed by atoms with van der Waals surface area (Å²) in [5, 5.41) is 9.43. The van der Waals surface area contributed by atoms with Gasteiger partial charge in [-0.1, -0.05) is 48.0 Å². The molecule has 1 aromatic heterocycles. The van der Waals surface area contributed by atoms with E-state index < -0.39 is 17.1 Å².